The summed E-state index contributed by atoms with van der Waals surface area (Å²) < 4.78 is 2.35. The topological polar surface area (TPSA) is 17.8 Å². The Balaban J connectivity index is 2.71. The van der Waals surface area contributed by atoms with Crippen molar-refractivity contribution in [3.8, 4) is 0 Å². The Labute approximate surface area is 124 Å². The predicted octanol–water partition coefficient (Wildman–Crippen LogP) is 5.01. The number of aromatic nitrogens is 2. The Hall–Kier alpha value is -0.730. The van der Waals surface area contributed by atoms with Crippen LogP contribution in [0.1, 0.15) is 39.4 Å². The molecule has 0 N–H and O–H groups in total. The molecule has 0 unspecified atom stereocenters. The summed E-state index contributed by atoms with van der Waals surface area (Å²) in [5.41, 5.74) is 2.18. The van der Waals surface area contributed by atoms with Gasteiger partial charge in [0, 0.05) is 22.9 Å². The molecule has 1 aromatic heterocycles. The second-order valence-corrected chi connectivity index (χ2v) is 5.95. The lowest BCUT2D eigenvalue weighted by Gasteiger charge is -2.31. The minimum atomic E-state index is 0.0734. The number of hydrogen-bond acceptors (Lipinski definition) is 1. The zero-order valence-corrected chi connectivity index (χ0v) is 13.2. The van der Waals surface area contributed by atoms with Crippen LogP contribution in [0.15, 0.2) is 18.2 Å². The van der Waals surface area contributed by atoms with E-state index in [-0.39, 0.29) is 5.54 Å². The number of nitrogens with zero attached hydrogens (tertiary/aromatic N) is 2. The van der Waals surface area contributed by atoms with E-state index >= 15 is 0 Å². The molecule has 0 aliphatic rings. The van der Waals surface area contributed by atoms with Gasteiger partial charge in [0.15, 0.2) is 0 Å². The SMILES string of the molecule is CCC(C)(CC)n1c(CCCl)nc2cc(Cl)ccc21. The van der Waals surface area contributed by atoms with E-state index < -0.39 is 0 Å². The van der Waals surface area contributed by atoms with Crippen molar-refractivity contribution in [3.05, 3.63) is 29.0 Å². The van der Waals surface area contributed by atoms with Crippen LogP contribution in [-0.2, 0) is 12.0 Å². The zero-order chi connectivity index (χ0) is 14.0. The van der Waals surface area contributed by atoms with E-state index in [1.165, 1.54) is 0 Å². The zero-order valence-electron chi connectivity index (χ0n) is 11.7. The van der Waals surface area contributed by atoms with E-state index in [4.69, 9.17) is 28.2 Å². The van der Waals surface area contributed by atoms with Crippen LogP contribution in [0.25, 0.3) is 11.0 Å². The van der Waals surface area contributed by atoms with Gasteiger partial charge in [0.25, 0.3) is 0 Å². The third-order valence-electron chi connectivity index (χ3n) is 4.07. The molecule has 0 saturated heterocycles. The molecule has 2 aromatic rings. The highest BCUT2D eigenvalue weighted by atomic mass is 35.5. The smallest absolute Gasteiger partial charge is 0.111 e. The van der Waals surface area contributed by atoms with Crippen molar-refractivity contribution in [1.82, 2.24) is 9.55 Å². The van der Waals surface area contributed by atoms with Gasteiger partial charge in [0.05, 0.1) is 11.0 Å². The maximum atomic E-state index is 6.06. The molecule has 2 nitrogen and oxygen atoms in total. The van der Waals surface area contributed by atoms with E-state index in [2.05, 4.69) is 31.4 Å². The summed E-state index contributed by atoms with van der Waals surface area (Å²) in [5.74, 6) is 1.64. The van der Waals surface area contributed by atoms with Crippen molar-refractivity contribution in [3.63, 3.8) is 0 Å². The maximum absolute atomic E-state index is 6.06. The van der Waals surface area contributed by atoms with Crippen LogP contribution in [0.2, 0.25) is 5.02 Å². The average Bonchev–Trinajstić information content (AvgIpc) is 2.76. The van der Waals surface area contributed by atoms with Gasteiger partial charge in [-0.15, -0.1) is 11.6 Å². The molecule has 0 aliphatic carbocycles. The average molecular weight is 299 g/mol. The van der Waals surface area contributed by atoms with Gasteiger partial charge in [-0.3, -0.25) is 0 Å². The number of halogens is 2. The molecule has 0 spiro atoms. The molecular formula is C15H20Cl2N2. The van der Waals surface area contributed by atoms with E-state index in [0.29, 0.717) is 5.88 Å². The largest absolute Gasteiger partial charge is 0.322 e. The second-order valence-electron chi connectivity index (χ2n) is 5.14. The molecule has 0 fully saturated rings. The molecule has 4 heteroatoms. The van der Waals surface area contributed by atoms with Crippen LogP contribution in [0.4, 0.5) is 0 Å². The monoisotopic (exact) mass is 298 g/mol. The summed E-state index contributed by atoms with van der Waals surface area (Å²) in [6.45, 7) is 6.71. The van der Waals surface area contributed by atoms with Gasteiger partial charge in [-0.25, -0.2) is 4.98 Å². The molecule has 0 amide bonds. The summed E-state index contributed by atoms with van der Waals surface area (Å²) in [5, 5.41) is 0.726. The first-order chi connectivity index (χ1) is 9.05. The first-order valence-electron chi connectivity index (χ1n) is 6.79. The van der Waals surface area contributed by atoms with E-state index in [1.54, 1.807) is 0 Å². The van der Waals surface area contributed by atoms with Gasteiger partial charge in [0.2, 0.25) is 0 Å². The second kappa shape index (κ2) is 5.72. The summed E-state index contributed by atoms with van der Waals surface area (Å²) in [6, 6.07) is 5.92. The number of imidazole rings is 1. The molecule has 0 aliphatic heterocycles. The first-order valence-corrected chi connectivity index (χ1v) is 7.70. The third-order valence-corrected chi connectivity index (χ3v) is 4.49. The number of benzene rings is 1. The lowest BCUT2D eigenvalue weighted by atomic mass is 9.94. The fourth-order valence-corrected chi connectivity index (χ4v) is 2.86. The molecular weight excluding hydrogens is 279 g/mol. The van der Waals surface area contributed by atoms with Crippen molar-refractivity contribution in [2.75, 3.05) is 5.88 Å². The Kier molecular flexibility index (Phi) is 4.42. The van der Waals surface area contributed by atoms with Gasteiger partial charge >= 0.3 is 0 Å². The Bertz CT molecular complexity index is 571. The number of fused-ring (bicyclic) bond motifs is 1. The summed E-state index contributed by atoms with van der Waals surface area (Å²) in [7, 11) is 0. The number of alkyl halides is 1. The van der Waals surface area contributed by atoms with Crippen LogP contribution in [0.5, 0.6) is 0 Å². The minimum Gasteiger partial charge on any atom is -0.322 e. The Morgan fingerprint density at radius 3 is 2.53 bits per heavy atom. The normalized spacial score (nSPS) is 12.3. The van der Waals surface area contributed by atoms with Crippen LogP contribution < -0.4 is 0 Å². The maximum Gasteiger partial charge on any atom is 0.111 e. The molecule has 0 saturated carbocycles. The van der Waals surface area contributed by atoms with Crippen molar-refractivity contribution in [2.24, 2.45) is 0 Å². The fourth-order valence-electron chi connectivity index (χ4n) is 2.52. The number of aryl methyl sites for hydroxylation is 1. The lowest BCUT2D eigenvalue weighted by molar-refractivity contribution is 0.294. The number of hydrogen-bond donors (Lipinski definition) is 0. The molecule has 0 radical (unpaired) electrons. The van der Waals surface area contributed by atoms with Crippen LogP contribution in [0, 0.1) is 0 Å². The van der Waals surface area contributed by atoms with Crippen LogP contribution >= 0.6 is 23.2 Å². The van der Waals surface area contributed by atoms with E-state index in [9.17, 15) is 0 Å². The highest BCUT2D eigenvalue weighted by Crippen LogP contribution is 2.32. The molecule has 1 heterocycles. The van der Waals surface area contributed by atoms with Gasteiger partial charge in [-0.1, -0.05) is 25.4 Å². The van der Waals surface area contributed by atoms with Crippen molar-refractivity contribution >= 4 is 34.2 Å². The summed E-state index contributed by atoms with van der Waals surface area (Å²) >= 11 is 12.0. The van der Waals surface area contributed by atoms with Crippen molar-refractivity contribution in [1.29, 1.82) is 0 Å². The van der Waals surface area contributed by atoms with Gasteiger partial charge in [-0.2, -0.15) is 0 Å². The highest BCUT2D eigenvalue weighted by molar-refractivity contribution is 6.31. The first kappa shape index (κ1) is 14.7. The highest BCUT2D eigenvalue weighted by Gasteiger charge is 2.27. The molecule has 0 atom stereocenters. The molecule has 0 bridgehead atoms. The minimum absolute atomic E-state index is 0.0734. The molecule has 19 heavy (non-hydrogen) atoms. The lowest BCUT2D eigenvalue weighted by Crippen LogP contribution is -2.30. The van der Waals surface area contributed by atoms with Crippen LogP contribution in [0.3, 0.4) is 0 Å². The van der Waals surface area contributed by atoms with Gasteiger partial charge in [0.1, 0.15) is 5.82 Å². The predicted molar refractivity (Wildman–Crippen MR) is 83.4 cm³/mol. The third kappa shape index (κ3) is 2.61. The standard InChI is InChI=1S/C15H20Cl2N2/c1-4-15(3,5-2)19-13-7-6-11(17)10-12(13)18-14(19)8-9-16/h6-7,10H,4-5,8-9H2,1-3H3. The summed E-state index contributed by atoms with van der Waals surface area (Å²) in [4.78, 5) is 4.72. The van der Waals surface area contributed by atoms with Gasteiger partial charge < -0.3 is 4.57 Å². The summed E-state index contributed by atoms with van der Waals surface area (Å²) in [6.07, 6.45) is 2.91. The molecule has 1 aromatic carbocycles. The van der Waals surface area contributed by atoms with E-state index in [1.807, 2.05) is 12.1 Å². The Morgan fingerprint density at radius 1 is 1.26 bits per heavy atom. The van der Waals surface area contributed by atoms with Gasteiger partial charge in [-0.05, 0) is 38.0 Å². The fraction of sp³-hybridized carbons (Fsp3) is 0.533. The quantitative estimate of drug-likeness (QED) is 0.710. The van der Waals surface area contributed by atoms with Crippen molar-refractivity contribution < 1.29 is 0 Å². The molecule has 2 rings (SSSR count). The van der Waals surface area contributed by atoms with E-state index in [0.717, 1.165) is 41.1 Å². The molecule has 104 valence electrons. The van der Waals surface area contributed by atoms with Crippen molar-refractivity contribution in [2.45, 2.75) is 45.6 Å². The van der Waals surface area contributed by atoms with Crippen LogP contribution in [-0.4, -0.2) is 15.4 Å². The Morgan fingerprint density at radius 2 is 1.95 bits per heavy atom. The number of rotatable bonds is 5.